The van der Waals surface area contributed by atoms with E-state index in [0.717, 1.165) is 18.5 Å². The Morgan fingerprint density at radius 3 is 2.61 bits per heavy atom. The summed E-state index contributed by atoms with van der Waals surface area (Å²) < 4.78 is 1.86. The molecule has 0 spiro atoms. The van der Waals surface area contributed by atoms with Crippen molar-refractivity contribution in [3.63, 3.8) is 0 Å². The Kier molecular flexibility index (Phi) is 6.37. The number of hydrogen-bond donors (Lipinski definition) is 2. The molecule has 0 aliphatic carbocycles. The van der Waals surface area contributed by atoms with Crippen LogP contribution in [0.3, 0.4) is 0 Å². The van der Waals surface area contributed by atoms with Gasteiger partial charge in [0.15, 0.2) is 0 Å². The molecule has 1 aromatic heterocycles. The second-order valence-electron chi connectivity index (χ2n) is 8.39. The van der Waals surface area contributed by atoms with E-state index in [4.69, 9.17) is 0 Å². The van der Waals surface area contributed by atoms with Gasteiger partial charge in [-0.15, -0.1) is 0 Å². The lowest BCUT2D eigenvalue weighted by Gasteiger charge is -2.34. The first kappa shape index (κ1) is 21.1. The molecule has 3 aromatic rings. The van der Waals surface area contributed by atoms with Gasteiger partial charge in [-0.2, -0.15) is 0 Å². The van der Waals surface area contributed by atoms with E-state index in [1.807, 2.05) is 47.0 Å². The van der Waals surface area contributed by atoms with Crippen LogP contribution >= 0.6 is 0 Å². The first-order valence-corrected chi connectivity index (χ1v) is 10.9. The average Bonchev–Trinajstić information content (AvgIpc) is 3.24. The predicted octanol–water partition coefficient (Wildman–Crippen LogP) is 3.93. The number of piperidine rings is 1. The number of likely N-dealkylation sites (tertiary alicyclic amines) is 1. The minimum Gasteiger partial charge on any atom is -0.385 e. The summed E-state index contributed by atoms with van der Waals surface area (Å²) in [5, 5.41) is 14.1. The highest BCUT2D eigenvalue weighted by Crippen LogP contribution is 2.30. The highest BCUT2D eigenvalue weighted by molar-refractivity contribution is 5.95. The van der Waals surface area contributed by atoms with E-state index < -0.39 is 6.10 Å². The minimum absolute atomic E-state index is 0.0453. The van der Waals surface area contributed by atoms with Gasteiger partial charge >= 0.3 is 0 Å². The van der Waals surface area contributed by atoms with Crippen LogP contribution in [0.5, 0.6) is 0 Å². The van der Waals surface area contributed by atoms with E-state index in [1.165, 1.54) is 11.1 Å². The van der Waals surface area contributed by atoms with Crippen LogP contribution in [0.4, 0.5) is 5.69 Å². The molecule has 162 valence electrons. The summed E-state index contributed by atoms with van der Waals surface area (Å²) in [6, 6.07) is 16.1. The molecular formula is C25H30N4O2. The lowest BCUT2D eigenvalue weighted by molar-refractivity contribution is 0.0420. The van der Waals surface area contributed by atoms with Gasteiger partial charge < -0.3 is 19.9 Å². The largest absolute Gasteiger partial charge is 0.385 e. The maximum atomic E-state index is 13.0. The Morgan fingerprint density at radius 1 is 1.19 bits per heavy atom. The van der Waals surface area contributed by atoms with Gasteiger partial charge in [0.05, 0.1) is 0 Å². The van der Waals surface area contributed by atoms with Gasteiger partial charge in [-0.1, -0.05) is 35.9 Å². The van der Waals surface area contributed by atoms with Crippen LogP contribution in [0.1, 0.15) is 46.3 Å². The third kappa shape index (κ3) is 4.97. The number of anilines is 1. The summed E-state index contributed by atoms with van der Waals surface area (Å²) in [7, 11) is 1.89. The Morgan fingerprint density at radius 2 is 1.94 bits per heavy atom. The second-order valence-corrected chi connectivity index (χ2v) is 8.39. The molecule has 1 amide bonds. The van der Waals surface area contributed by atoms with Crippen LogP contribution in [0.25, 0.3) is 0 Å². The number of imidazole rings is 1. The lowest BCUT2D eigenvalue weighted by atomic mass is 9.90. The van der Waals surface area contributed by atoms with Crippen molar-refractivity contribution in [1.29, 1.82) is 0 Å². The molecule has 31 heavy (non-hydrogen) atoms. The number of carbonyl (C=O) groups is 1. The maximum Gasteiger partial charge on any atom is 0.253 e. The van der Waals surface area contributed by atoms with Crippen LogP contribution in [-0.2, 0) is 13.6 Å². The predicted molar refractivity (Wildman–Crippen MR) is 122 cm³/mol. The van der Waals surface area contributed by atoms with Crippen molar-refractivity contribution < 1.29 is 9.90 Å². The molecule has 0 unspecified atom stereocenters. The van der Waals surface area contributed by atoms with Crippen molar-refractivity contribution in [2.45, 2.75) is 32.4 Å². The van der Waals surface area contributed by atoms with Crippen molar-refractivity contribution in [3.8, 4) is 0 Å². The van der Waals surface area contributed by atoms with Gasteiger partial charge in [0.1, 0.15) is 11.9 Å². The summed E-state index contributed by atoms with van der Waals surface area (Å²) in [6.07, 6.45) is 4.50. The summed E-state index contributed by atoms with van der Waals surface area (Å²) in [4.78, 5) is 19.2. The normalized spacial score (nSPS) is 15.6. The number of amides is 1. The van der Waals surface area contributed by atoms with Crippen molar-refractivity contribution in [3.05, 3.63) is 83.4 Å². The van der Waals surface area contributed by atoms with Crippen LogP contribution in [-0.4, -0.2) is 38.6 Å². The van der Waals surface area contributed by atoms with Crippen molar-refractivity contribution in [2.24, 2.45) is 13.0 Å². The molecule has 1 saturated heterocycles. The Balaban J connectivity index is 1.34. The van der Waals surface area contributed by atoms with Gasteiger partial charge in [-0.05, 0) is 49.4 Å². The molecule has 6 nitrogen and oxygen atoms in total. The number of nitrogens with zero attached hydrogens (tertiary/aromatic N) is 3. The minimum atomic E-state index is -0.591. The number of aliphatic hydroxyl groups is 1. The van der Waals surface area contributed by atoms with Crippen LogP contribution in [0.2, 0.25) is 0 Å². The Hall–Kier alpha value is -3.12. The topological polar surface area (TPSA) is 70.4 Å². The molecule has 2 N–H and O–H groups in total. The summed E-state index contributed by atoms with van der Waals surface area (Å²) in [5.74, 6) is 0.855. The molecule has 0 radical (unpaired) electrons. The molecule has 6 heteroatoms. The maximum absolute atomic E-state index is 13.0. The fourth-order valence-corrected chi connectivity index (χ4v) is 4.15. The zero-order valence-electron chi connectivity index (χ0n) is 18.2. The third-order valence-electron chi connectivity index (χ3n) is 6.12. The monoisotopic (exact) mass is 418 g/mol. The van der Waals surface area contributed by atoms with E-state index in [2.05, 4.69) is 41.5 Å². The first-order valence-electron chi connectivity index (χ1n) is 10.9. The van der Waals surface area contributed by atoms with Gasteiger partial charge in [0, 0.05) is 50.3 Å². The molecule has 1 aliphatic rings. The number of hydrogen-bond acceptors (Lipinski definition) is 4. The van der Waals surface area contributed by atoms with Gasteiger partial charge in [-0.3, -0.25) is 4.79 Å². The van der Waals surface area contributed by atoms with Crippen LogP contribution in [0.15, 0.2) is 60.9 Å². The van der Waals surface area contributed by atoms with Crippen molar-refractivity contribution in [2.75, 3.05) is 18.4 Å². The number of carbonyl (C=O) groups excluding carboxylic acids is 1. The molecular weight excluding hydrogens is 388 g/mol. The Bertz CT molecular complexity index is 1020. The second kappa shape index (κ2) is 9.35. The zero-order chi connectivity index (χ0) is 21.8. The number of nitrogens with one attached hydrogen (secondary N) is 1. The molecule has 4 rings (SSSR count). The van der Waals surface area contributed by atoms with Crippen LogP contribution < -0.4 is 5.32 Å². The lowest BCUT2D eigenvalue weighted by Crippen LogP contribution is -2.40. The van der Waals surface area contributed by atoms with Crippen molar-refractivity contribution >= 4 is 11.6 Å². The highest BCUT2D eigenvalue weighted by Gasteiger charge is 2.30. The zero-order valence-corrected chi connectivity index (χ0v) is 18.2. The number of aryl methyl sites for hydroxylation is 2. The van der Waals surface area contributed by atoms with Crippen molar-refractivity contribution in [1.82, 2.24) is 14.5 Å². The summed E-state index contributed by atoms with van der Waals surface area (Å²) >= 11 is 0. The quantitative estimate of drug-likeness (QED) is 0.636. The molecule has 0 bridgehead atoms. The van der Waals surface area contributed by atoms with Gasteiger partial charge in [0.25, 0.3) is 5.91 Å². The molecule has 1 aliphatic heterocycles. The Labute approximate surface area is 183 Å². The standard InChI is InChI=1S/C25H30N4O2/c1-18-6-8-19(9-7-18)17-27-22-5-3-4-21(16-22)25(31)29-13-10-20(11-14-29)23(30)24-26-12-15-28(24)2/h3-9,12,15-16,20,23,27,30H,10-11,13-14,17H2,1-2H3/t23-/m0/s1. The molecule has 1 atom stereocenters. The first-order chi connectivity index (χ1) is 15.0. The summed E-state index contributed by atoms with van der Waals surface area (Å²) in [5.41, 5.74) is 4.08. The fourth-order valence-electron chi connectivity index (χ4n) is 4.15. The molecule has 0 saturated carbocycles. The highest BCUT2D eigenvalue weighted by atomic mass is 16.3. The van der Waals surface area contributed by atoms with Gasteiger partial charge in [0.2, 0.25) is 0 Å². The van der Waals surface area contributed by atoms with Crippen LogP contribution in [0, 0.1) is 12.8 Å². The molecule has 2 aromatic carbocycles. The smallest absolute Gasteiger partial charge is 0.253 e. The van der Waals surface area contributed by atoms with E-state index in [0.29, 0.717) is 31.0 Å². The third-order valence-corrected chi connectivity index (χ3v) is 6.12. The number of aliphatic hydroxyl groups excluding tert-OH is 1. The summed E-state index contributed by atoms with van der Waals surface area (Å²) in [6.45, 7) is 4.08. The van der Waals surface area contributed by atoms with E-state index in [-0.39, 0.29) is 11.8 Å². The van der Waals surface area contributed by atoms with Gasteiger partial charge in [-0.25, -0.2) is 4.98 Å². The SMILES string of the molecule is Cc1ccc(CNc2cccc(C(=O)N3CCC([C@H](O)c4nccn4C)CC3)c2)cc1. The van der Waals surface area contributed by atoms with E-state index in [9.17, 15) is 9.90 Å². The van der Waals surface area contributed by atoms with E-state index >= 15 is 0 Å². The fraction of sp³-hybridized carbons (Fsp3) is 0.360. The number of aromatic nitrogens is 2. The number of benzene rings is 2. The molecule has 2 heterocycles. The average molecular weight is 419 g/mol. The van der Waals surface area contributed by atoms with E-state index in [1.54, 1.807) is 6.20 Å². The molecule has 1 fully saturated rings. The number of rotatable bonds is 6.